The molecule has 6 nitrogen and oxygen atoms in total. The number of nitrogens with zero attached hydrogens (tertiary/aromatic N) is 2. The molecule has 3 rings (SSSR count). The topological polar surface area (TPSA) is 59.1 Å². The van der Waals surface area contributed by atoms with E-state index in [0.717, 1.165) is 18.4 Å². The van der Waals surface area contributed by atoms with Crippen molar-refractivity contribution in [3.63, 3.8) is 0 Å². The van der Waals surface area contributed by atoms with Gasteiger partial charge in [0.05, 0.1) is 13.2 Å². The highest BCUT2D eigenvalue weighted by atomic mass is 32.1. The van der Waals surface area contributed by atoms with Gasteiger partial charge in [-0.2, -0.15) is 0 Å². The summed E-state index contributed by atoms with van der Waals surface area (Å²) in [6, 6.07) is 9.44. The van der Waals surface area contributed by atoms with Gasteiger partial charge >= 0.3 is 0 Å². The van der Waals surface area contributed by atoms with Gasteiger partial charge in [-0.25, -0.2) is 0 Å². The number of benzene rings is 1. The Bertz CT molecular complexity index is 897. The van der Waals surface area contributed by atoms with Gasteiger partial charge in [0, 0.05) is 23.9 Å². The predicted octanol–water partition coefficient (Wildman–Crippen LogP) is 4.30. The van der Waals surface area contributed by atoms with Crippen molar-refractivity contribution in [3.8, 4) is 11.5 Å². The minimum Gasteiger partial charge on any atom is -0.493 e. The van der Waals surface area contributed by atoms with Crippen molar-refractivity contribution in [3.05, 3.63) is 46.2 Å². The van der Waals surface area contributed by atoms with E-state index in [1.54, 1.807) is 23.3 Å². The lowest BCUT2D eigenvalue weighted by atomic mass is 10.00. The summed E-state index contributed by atoms with van der Waals surface area (Å²) in [6.45, 7) is 6.93. The maximum atomic E-state index is 13.4. The summed E-state index contributed by atoms with van der Waals surface area (Å²) in [4.78, 5) is 30.7. The molecule has 1 aromatic carbocycles. The van der Waals surface area contributed by atoms with Crippen molar-refractivity contribution >= 4 is 23.2 Å². The fourth-order valence-electron chi connectivity index (χ4n) is 3.93. The van der Waals surface area contributed by atoms with Crippen molar-refractivity contribution in [1.82, 2.24) is 9.80 Å². The molecule has 1 aliphatic rings. The third kappa shape index (κ3) is 5.21. The maximum absolute atomic E-state index is 13.4. The molecule has 0 fully saturated rings. The molecule has 1 aliphatic heterocycles. The van der Waals surface area contributed by atoms with Crippen LogP contribution in [-0.4, -0.2) is 54.5 Å². The fourth-order valence-corrected chi connectivity index (χ4v) is 4.86. The van der Waals surface area contributed by atoms with E-state index in [4.69, 9.17) is 9.47 Å². The van der Waals surface area contributed by atoms with Crippen LogP contribution >= 0.6 is 11.3 Å². The third-order valence-electron chi connectivity index (χ3n) is 5.93. The SMILES string of the molecule is CCC(=O)N(CC(=O)N1CCc2sccc2[C@@H]1COc1ccccc1OC)[C@H](C)CC. The van der Waals surface area contributed by atoms with Crippen LogP contribution in [0, 0.1) is 0 Å². The molecular formula is C24H32N2O4S. The van der Waals surface area contributed by atoms with E-state index in [1.165, 1.54) is 4.88 Å². The van der Waals surface area contributed by atoms with E-state index in [-0.39, 0.29) is 30.4 Å². The molecule has 31 heavy (non-hydrogen) atoms. The van der Waals surface area contributed by atoms with Gasteiger partial charge in [-0.1, -0.05) is 26.0 Å². The zero-order chi connectivity index (χ0) is 22.4. The van der Waals surface area contributed by atoms with Crippen molar-refractivity contribution in [2.75, 3.05) is 26.8 Å². The molecule has 2 atom stereocenters. The van der Waals surface area contributed by atoms with Gasteiger partial charge in [0.25, 0.3) is 0 Å². The Morgan fingerprint density at radius 1 is 1.23 bits per heavy atom. The minimum atomic E-state index is -0.192. The average Bonchev–Trinajstić information content (AvgIpc) is 3.29. The van der Waals surface area contributed by atoms with Gasteiger partial charge in [0.1, 0.15) is 13.2 Å². The summed E-state index contributed by atoms with van der Waals surface area (Å²) < 4.78 is 11.5. The first-order chi connectivity index (χ1) is 15.0. The largest absolute Gasteiger partial charge is 0.493 e. The van der Waals surface area contributed by atoms with Crippen LogP contribution in [0.3, 0.4) is 0 Å². The summed E-state index contributed by atoms with van der Waals surface area (Å²) in [6.07, 6.45) is 2.04. The first kappa shape index (κ1) is 23.1. The molecule has 0 radical (unpaired) electrons. The first-order valence-electron chi connectivity index (χ1n) is 10.9. The summed E-state index contributed by atoms with van der Waals surface area (Å²) in [5, 5.41) is 2.07. The molecule has 0 N–H and O–H groups in total. The van der Waals surface area contributed by atoms with E-state index >= 15 is 0 Å². The van der Waals surface area contributed by atoms with E-state index < -0.39 is 0 Å². The maximum Gasteiger partial charge on any atom is 0.242 e. The van der Waals surface area contributed by atoms with E-state index in [2.05, 4.69) is 11.4 Å². The Kier molecular flexibility index (Phi) is 7.96. The Balaban J connectivity index is 1.80. The number of ether oxygens (including phenoxy) is 2. The van der Waals surface area contributed by atoms with E-state index in [1.807, 2.05) is 49.9 Å². The second-order valence-corrected chi connectivity index (χ2v) is 8.75. The van der Waals surface area contributed by atoms with Gasteiger partial charge in [-0.15, -0.1) is 11.3 Å². The van der Waals surface area contributed by atoms with Crippen LogP contribution in [0.2, 0.25) is 0 Å². The summed E-state index contributed by atoms with van der Waals surface area (Å²) in [7, 11) is 1.61. The second-order valence-electron chi connectivity index (χ2n) is 7.75. The summed E-state index contributed by atoms with van der Waals surface area (Å²) in [5.74, 6) is 1.30. The van der Waals surface area contributed by atoms with Crippen LogP contribution in [0.25, 0.3) is 0 Å². The smallest absolute Gasteiger partial charge is 0.242 e. The number of methoxy groups -OCH3 is 1. The number of hydrogen-bond donors (Lipinski definition) is 0. The standard InChI is InChI=1S/C24H32N2O4S/c1-5-17(3)26(23(27)6-2)15-24(28)25-13-11-22-18(12-14-31-22)19(25)16-30-21-10-8-7-9-20(21)29-4/h7-10,12,14,17,19H,5-6,11,13,15-16H2,1-4H3/t17-,19+/m1/s1. The number of carbonyl (C=O) groups excluding carboxylic acids is 2. The number of para-hydroxylation sites is 2. The molecule has 168 valence electrons. The lowest BCUT2D eigenvalue weighted by Gasteiger charge is -2.38. The number of fused-ring (bicyclic) bond motifs is 1. The van der Waals surface area contributed by atoms with Gasteiger partial charge in [-0.05, 0) is 48.9 Å². The molecule has 0 bridgehead atoms. The number of amides is 2. The van der Waals surface area contributed by atoms with Crippen molar-refractivity contribution in [2.24, 2.45) is 0 Å². The predicted molar refractivity (Wildman–Crippen MR) is 123 cm³/mol. The second kappa shape index (κ2) is 10.7. The molecule has 2 amide bonds. The van der Waals surface area contributed by atoms with Crippen LogP contribution in [0.1, 0.15) is 50.1 Å². The highest BCUT2D eigenvalue weighted by Crippen LogP contribution is 2.35. The highest BCUT2D eigenvalue weighted by molar-refractivity contribution is 7.10. The summed E-state index contributed by atoms with van der Waals surface area (Å²) >= 11 is 1.72. The van der Waals surface area contributed by atoms with Gasteiger partial charge in [0.15, 0.2) is 11.5 Å². The Labute approximate surface area is 188 Å². The number of hydrogen-bond acceptors (Lipinski definition) is 5. The van der Waals surface area contributed by atoms with Crippen molar-refractivity contribution in [1.29, 1.82) is 0 Å². The average molecular weight is 445 g/mol. The lowest BCUT2D eigenvalue weighted by Crippen LogP contribution is -2.49. The van der Waals surface area contributed by atoms with Gasteiger partial charge in [0.2, 0.25) is 11.8 Å². The summed E-state index contributed by atoms with van der Waals surface area (Å²) in [5.41, 5.74) is 1.14. The fraction of sp³-hybridized carbons (Fsp3) is 0.500. The Morgan fingerprint density at radius 3 is 2.65 bits per heavy atom. The molecule has 2 heterocycles. The van der Waals surface area contributed by atoms with Crippen LogP contribution < -0.4 is 9.47 Å². The van der Waals surface area contributed by atoms with Crippen molar-refractivity contribution < 1.29 is 19.1 Å². The lowest BCUT2D eigenvalue weighted by molar-refractivity contribution is -0.144. The van der Waals surface area contributed by atoms with Crippen LogP contribution in [0.4, 0.5) is 0 Å². The molecule has 0 saturated heterocycles. The number of thiophene rings is 1. The highest BCUT2D eigenvalue weighted by Gasteiger charge is 2.34. The molecule has 0 spiro atoms. The molecule has 0 aliphatic carbocycles. The molecule has 7 heteroatoms. The van der Waals surface area contributed by atoms with Crippen LogP contribution in [-0.2, 0) is 16.0 Å². The van der Waals surface area contributed by atoms with E-state index in [0.29, 0.717) is 31.1 Å². The Morgan fingerprint density at radius 2 is 1.97 bits per heavy atom. The number of carbonyl (C=O) groups is 2. The van der Waals surface area contributed by atoms with E-state index in [9.17, 15) is 9.59 Å². The molecular weight excluding hydrogens is 412 g/mol. The van der Waals surface area contributed by atoms with Crippen LogP contribution in [0.5, 0.6) is 11.5 Å². The monoisotopic (exact) mass is 444 g/mol. The minimum absolute atomic E-state index is 0.0118. The number of rotatable bonds is 9. The quantitative estimate of drug-likeness (QED) is 0.579. The van der Waals surface area contributed by atoms with Gasteiger partial charge < -0.3 is 19.3 Å². The van der Waals surface area contributed by atoms with Crippen LogP contribution in [0.15, 0.2) is 35.7 Å². The molecule has 2 aromatic rings. The first-order valence-corrected chi connectivity index (χ1v) is 11.8. The van der Waals surface area contributed by atoms with Crippen molar-refractivity contribution in [2.45, 2.75) is 52.1 Å². The van der Waals surface area contributed by atoms with Gasteiger partial charge in [-0.3, -0.25) is 9.59 Å². The normalized spacial score (nSPS) is 16.4. The zero-order valence-corrected chi connectivity index (χ0v) is 19.6. The molecule has 0 unspecified atom stereocenters. The molecule has 0 saturated carbocycles. The Hall–Kier alpha value is -2.54. The molecule has 1 aromatic heterocycles. The zero-order valence-electron chi connectivity index (χ0n) is 18.8. The third-order valence-corrected chi connectivity index (χ3v) is 6.93.